The number of anilines is 2. The van der Waals surface area contributed by atoms with Gasteiger partial charge in [0.25, 0.3) is 0 Å². The lowest BCUT2D eigenvalue weighted by Gasteiger charge is -2.10. The molecule has 2 amide bonds. The van der Waals surface area contributed by atoms with Gasteiger partial charge in [0.2, 0.25) is 11.8 Å². The fraction of sp³-hybridized carbons (Fsp3) is 0.263. The normalized spacial score (nSPS) is 13.9. The van der Waals surface area contributed by atoms with E-state index in [0.717, 1.165) is 22.6 Å². The van der Waals surface area contributed by atoms with Gasteiger partial charge in [0, 0.05) is 28.8 Å². The van der Waals surface area contributed by atoms with Crippen LogP contribution in [0.2, 0.25) is 0 Å². The van der Waals surface area contributed by atoms with Crippen LogP contribution in [0.5, 0.6) is 0 Å². The van der Waals surface area contributed by atoms with Gasteiger partial charge in [0.1, 0.15) is 5.82 Å². The molecule has 1 aliphatic rings. The highest BCUT2D eigenvalue weighted by molar-refractivity contribution is 7.16. The maximum Gasteiger partial charge on any atom is 0.232 e. The molecule has 1 fully saturated rings. The third kappa shape index (κ3) is 3.95. The Morgan fingerprint density at radius 3 is 2.79 bits per heavy atom. The van der Waals surface area contributed by atoms with Gasteiger partial charge in [-0.15, -0.1) is 22.7 Å². The second-order valence-electron chi connectivity index (χ2n) is 6.43. The summed E-state index contributed by atoms with van der Waals surface area (Å²) in [7, 11) is 0. The Bertz CT molecular complexity index is 1030. The van der Waals surface area contributed by atoms with Gasteiger partial charge < -0.3 is 5.32 Å². The van der Waals surface area contributed by atoms with Gasteiger partial charge in [0.05, 0.1) is 17.8 Å². The van der Waals surface area contributed by atoms with Gasteiger partial charge in [-0.1, -0.05) is 0 Å². The second kappa shape index (κ2) is 7.76. The summed E-state index contributed by atoms with van der Waals surface area (Å²) in [4.78, 5) is 35.7. The second-order valence-corrected chi connectivity index (χ2v) is 8.47. The van der Waals surface area contributed by atoms with E-state index >= 15 is 0 Å². The number of aryl methyl sites for hydroxylation is 1. The van der Waals surface area contributed by atoms with E-state index in [1.165, 1.54) is 34.8 Å². The van der Waals surface area contributed by atoms with Crippen molar-refractivity contribution in [2.75, 3.05) is 16.8 Å². The lowest BCUT2D eigenvalue weighted by atomic mass is 10.1. The predicted octanol–water partition coefficient (Wildman–Crippen LogP) is 4.02. The highest BCUT2D eigenvalue weighted by Gasteiger charge is 2.24. The van der Waals surface area contributed by atoms with Crippen LogP contribution in [0.1, 0.15) is 23.4 Å². The van der Waals surface area contributed by atoms with Gasteiger partial charge in [-0.2, -0.15) is 0 Å². The molecule has 4 rings (SSSR count). The summed E-state index contributed by atoms with van der Waals surface area (Å²) in [6.07, 6.45) is 1.51. The summed E-state index contributed by atoms with van der Waals surface area (Å²) in [5, 5.41) is 5.74. The molecule has 0 saturated carbocycles. The van der Waals surface area contributed by atoms with Crippen LogP contribution >= 0.6 is 22.7 Å². The van der Waals surface area contributed by atoms with Gasteiger partial charge in [-0.3, -0.25) is 14.5 Å². The molecule has 3 heterocycles. The fourth-order valence-electron chi connectivity index (χ4n) is 3.01. The maximum absolute atomic E-state index is 13.1. The molecule has 0 aliphatic carbocycles. The van der Waals surface area contributed by atoms with E-state index in [1.807, 2.05) is 6.92 Å². The summed E-state index contributed by atoms with van der Waals surface area (Å²) < 4.78 is 13.1. The zero-order valence-electron chi connectivity index (χ0n) is 15.1. The SMILES string of the molecule is Cc1sc(NC(=O)Cc2csc(N3CCCC3=O)n2)nc1-c1ccc(F)cc1. The van der Waals surface area contributed by atoms with E-state index in [-0.39, 0.29) is 24.1 Å². The summed E-state index contributed by atoms with van der Waals surface area (Å²) in [6.45, 7) is 2.59. The summed E-state index contributed by atoms with van der Waals surface area (Å²) in [6, 6.07) is 6.10. The van der Waals surface area contributed by atoms with E-state index in [4.69, 9.17) is 0 Å². The Kier molecular flexibility index (Phi) is 5.19. The van der Waals surface area contributed by atoms with Crippen molar-refractivity contribution >= 4 is 44.8 Å². The van der Waals surface area contributed by atoms with E-state index in [9.17, 15) is 14.0 Å². The van der Waals surface area contributed by atoms with E-state index in [2.05, 4.69) is 15.3 Å². The molecular formula is C19H17FN4O2S2. The number of nitrogens with zero attached hydrogens (tertiary/aromatic N) is 3. The van der Waals surface area contributed by atoms with Gasteiger partial charge in [-0.25, -0.2) is 14.4 Å². The number of rotatable bonds is 5. The van der Waals surface area contributed by atoms with E-state index < -0.39 is 0 Å². The summed E-state index contributed by atoms with van der Waals surface area (Å²) in [5.41, 5.74) is 2.16. The van der Waals surface area contributed by atoms with Crippen molar-refractivity contribution in [1.82, 2.24) is 9.97 Å². The smallest absolute Gasteiger partial charge is 0.232 e. The van der Waals surface area contributed by atoms with E-state index in [1.54, 1.807) is 22.4 Å². The minimum atomic E-state index is -0.302. The van der Waals surface area contributed by atoms with E-state index in [0.29, 0.717) is 28.9 Å². The Labute approximate surface area is 169 Å². The van der Waals surface area contributed by atoms with Crippen molar-refractivity contribution in [3.8, 4) is 11.3 Å². The standard InChI is InChI=1S/C19H17FN4O2S2/c1-11-17(12-4-6-13(20)7-5-12)23-18(28-11)22-15(25)9-14-10-27-19(21-14)24-8-2-3-16(24)26/h4-7,10H,2-3,8-9H2,1H3,(H,22,23,25). The van der Waals surface area contributed by atoms with Crippen molar-refractivity contribution < 1.29 is 14.0 Å². The number of hydrogen-bond acceptors (Lipinski definition) is 6. The minimum absolute atomic E-state index is 0.0805. The highest BCUT2D eigenvalue weighted by atomic mass is 32.1. The molecule has 0 radical (unpaired) electrons. The molecule has 2 aromatic heterocycles. The molecule has 3 aromatic rings. The first kappa shape index (κ1) is 18.7. The van der Waals surface area contributed by atoms with Crippen molar-refractivity contribution in [1.29, 1.82) is 0 Å². The quantitative estimate of drug-likeness (QED) is 0.682. The van der Waals surface area contributed by atoms with Crippen LogP contribution in [-0.2, 0) is 16.0 Å². The summed E-state index contributed by atoms with van der Waals surface area (Å²) >= 11 is 2.74. The van der Waals surface area contributed by atoms with Crippen LogP contribution in [0.3, 0.4) is 0 Å². The fourth-order valence-corrected chi connectivity index (χ4v) is 4.73. The molecule has 9 heteroatoms. The number of aromatic nitrogens is 2. The Hall–Kier alpha value is -2.65. The van der Waals surface area contributed by atoms with Gasteiger partial charge >= 0.3 is 0 Å². The number of carbonyl (C=O) groups is 2. The average molecular weight is 417 g/mol. The molecule has 0 bridgehead atoms. The third-order valence-corrected chi connectivity index (χ3v) is 6.14. The number of hydrogen-bond donors (Lipinski definition) is 1. The Morgan fingerprint density at radius 2 is 2.07 bits per heavy atom. The topological polar surface area (TPSA) is 75.2 Å². The van der Waals surface area contributed by atoms with Crippen LogP contribution in [-0.4, -0.2) is 28.3 Å². The average Bonchev–Trinajstić information content (AvgIpc) is 3.36. The number of benzene rings is 1. The third-order valence-electron chi connectivity index (χ3n) is 4.35. The van der Waals surface area contributed by atoms with Crippen molar-refractivity contribution in [3.05, 3.63) is 46.0 Å². The van der Waals surface area contributed by atoms with Gasteiger partial charge in [-0.05, 0) is 37.6 Å². The van der Waals surface area contributed by atoms with Crippen molar-refractivity contribution in [3.63, 3.8) is 0 Å². The molecule has 28 heavy (non-hydrogen) atoms. The van der Waals surface area contributed by atoms with Crippen LogP contribution in [0, 0.1) is 12.7 Å². The van der Waals surface area contributed by atoms with Crippen molar-refractivity contribution in [2.24, 2.45) is 0 Å². The minimum Gasteiger partial charge on any atom is -0.302 e. The monoisotopic (exact) mass is 416 g/mol. The molecule has 144 valence electrons. The summed E-state index contributed by atoms with van der Waals surface area (Å²) in [5.74, 6) is -0.440. The number of nitrogens with one attached hydrogen (secondary N) is 1. The number of halogens is 1. The molecule has 0 unspecified atom stereocenters. The first-order chi connectivity index (χ1) is 13.5. The number of carbonyl (C=O) groups excluding carboxylic acids is 2. The number of thiazole rings is 2. The van der Waals surface area contributed by atoms with Crippen LogP contribution in [0.15, 0.2) is 29.6 Å². The lowest BCUT2D eigenvalue weighted by molar-refractivity contribution is -0.117. The largest absolute Gasteiger partial charge is 0.302 e. The van der Waals surface area contributed by atoms with Crippen LogP contribution in [0.25, 0.3) is 11.3 Å². The Balaban J connectivity index is 1.42. The maximum atomic E-state index is 13.1. The zero-order chi connectivity index (χ0) is 19.7. The molecule has 1 N–H and O–H groups in total. The molecule has 0 atom stereocenters. The number of amides is 2. The predicted molar refractivity (Wildman–Crippen MR) is 108 cm³/mol. The molecule has 1 aromatic carbocycles. The molecule has 1 aliphatic heterocycles. The van der Waals surface area contributed by atoms with Gasteiger partial charge in [0.15, 0.2) is 10.3 Å². The first-order valence-electron chi connectivity index (χ1n) is 8.77. The molecular weight excluding hydrogens is 399 g/mol. The highest BCUT2D eigenvalue weighted by Crippen LogP contribution is 2.31. The van der Waals surface area contributed by atoms with Crippen LogP contribution < -0.4 is 10.2 Å². The molecule has 0 spiro atoms. The zero-order valence-corrected chi connectivity index (χ0v) is 16.7. The molecule has 6 nitrogen and oxygen atoms in total. The van der Waals surface area contributed by atoms with Crippen molar-refractivity contribution in [2.45, 2.75) is 26.2 Å². The van der Waals surface area contributed by atoms with Crippen LogP contribution in [0.4, 0.5) is 14.7 Å². The first-order valence-corrected chi connectivity index (χ1v) is 10.5. The lowest BCUT2D eigenvalue weighted by Crippen LogP contribution is -2.23. The molecule has 1 saturated heterocycles. The Morgan fingerprint density at radius 1 is 1.29 bits per heavy atom.